The highest BCUT2D eigenvalue weighted by atomic mass is 32.1. The minimum Gasteiger partial charge on any atom is -0.278 e. The molecule has 0 spiro atoms. The molecule has 1 fully saturated rings. The van der Waals surface area contributed by atoms with Crippen molar-refractivity contribution in [3.63, 3.8) is 0 Å². The van der Waals surface area contributed by atoms with Crippen LogP contribution in [-0.2, 0) is 13.2 Å². The van der Waals surface area contributed by atoms with Gasteiger partial charge in [0, 0.05) is 25.0 Å². The van der Waals surface area contributed by atoms with E-state index < -0.39 is 0 Å². The third kappa shape index (κ3) is 4.59. The normalized spacial score (nSPS) is 14.3. The molecule has 27 heavy (non-hydrogen) atoms. The Kier molecular flexibility index (Phi) is 5.27. The maximum Gasteiger partial charge on any atom is 0.217 e. The summed E-state index contributed by atoms with van der Waals surface area (Å²) in [6.45, 7) is 3.71. The lowest BCUT2D eigenvalue weighted by molar-refractivity contribution is 0.186. The van der Waals surface area contributed by atoms with E-state index in [-0.39, 0.29) is 0 Å². The Bertz CT molecular complexity index is 985. The van der Waals surface area contributed by atoms with E-state index in [9.17, 15) is 0 Å². The number of pyridine rings is 1. The van der Waals surface area contributed by atoms with Crippen molar-refractivity contribution in [2.24, 2.45) is 0 Å². The van der Waals surface area contributed by atoms with Crippen LogP contribution in [0.3, 0.4) is 0 Å². The lowest BCUT2D eigenvalue weighted by Crippen LogP contribution is -2.29. The second kappa shape index (κ2) is 7.98. The molecule has 1 saturated carbocycles. The fourth-order valence-corrected chi connectivity index (χ4v) is 3.33. The molecule has 0 bridgehead atoms. The Morgan fingerprint density at radius 2 is 1.96 bits per heavy atom. The number of benzene rings is 1. The Morgan fingerprint density at radius 1 is 1.19 bits per heavy atom. The summed E-state index contributed by atoms with van der Waals surface area (Å²) in [4.78, 5) is 11.0. The van der Waals surface area contributed by atoms with Gasteiger partial charge >= 0.3 is 0 Å². The number of aryl methyl sites for hydroxylation is 1. The Balaban J connectivity index is 1.49. The molecule has 4 rings (SSSR count). The zero-order valence-electron chi connectivity index (χ0n) is 15.4. The summed E-state index contributed by atoms with van der Waals surface area (Å²) >= 11 is 5.47. The molecule has 0 unspecified atom stereocenters. The van der Waals surface area contributed by atoms with E-state index in [1.807, 2.05) is 35.3 Å². The molecule has 0 radical (unpaired) electrons. The number of hydrogen-bond donors (Lipinski definition) is 1. The molecule has 3 aromatic rings. The van der Waals surface area contributed by atoms with E-state index in [0.717, 1.165) is 19.0 Å². The second-order valence-electron chi connectivity index (χ2n) is 6.98. The third-order valence-corrected chi connectivity index (χ3v) is 5.14. The van der Waals surface area contributed by atoms with E-state index >= 15 is 0 Å². The van der Waals surface area contributed by atoms with Gasteiger partial charge in [0.1, 0.15) is 5.82 Å². The monoisotopic (exact) mass is 377 g/mol. The van der Waals surface area contributed by atoms with E-state index in [1.54, 1.807) is 0 Å². The molecule has 1 aliphatic rings. The van der Waals surface area contributed by atoms with Crippen LogP contribution < -0.4 is 0 Å². The van der Waals surface area contributed by atoms with Gasteiger partial charge in [-0.2, -0.15) is 4.98 Å². The van der Waals surface area contributed by atoms with E-state index in [0.29, 0.717) is 10.8 Å². The van der Waals surface area contributed by atoms with Gasteiger partial charge in [-0.15, -0.1) is 0 Å². The highest BCUT2D eigenvalue weighted by Gasteiger charge is 2.29. The van der Waals surface area contributed by atoms with Crippen LogP contribution in [0.5, 0.6) is 0 Å². The highest BCUT2D eigenvalue weighted by molar-refractivity contribution is 7.71. The standard InChI is InChI=1S/C21H23N5S/c1-16-4-2-3-5-18(16)6-9-20-23-21(27)26(24-20)15-25(19-7-8-19)14-17-10-12-22-13-11-17/h2-6,9-13,19H,7-8,14-15H2,1H3,(H,23,24,27)/b9-6+. The number of aromatic amines is 1. The number of rotatable bonds is 7. The van der Waals surface area contributed by atoms with Gasteiger partial charge in [0.15, 0.2) is 0 Å². The van der Waals surface area contributed by atoms with Crippen LogP contribution in [0, 0.1) is 11.7 Å². The van der Waals surface area contributed by atoms with Gasteiger partial charge in [-0.3, -0.25) is 15.0 Å². The fourth-order valence-electron chi connectivity index (χ4n) is 3.13. The highest BCUT2D eigenvalue weighted by Crippen LogP contribution is 2.28. The van der Waals surface area contributed by atoms with Crippen molar-refractivity contribution < 1.29 is 0 Å². The first-order valence-electron chi connectivity index (χ1n) is 9.22. The third-order valence-electron chi connectivity index (χ3n) is 4.83. The molecule has 0 aliphatic heterocycles. The van der Waals surface area contributed by atoms with E-state index in [2.05, 4.69) is 57.2 Å². The maximum atomic E-state index is 5.47. The van der Waals surface area contributed by atoms with Crippen LogP contribution >= 0.6 is 12.2 Å². The molecule has 5 nitrogen and oxygen atoms in total. The van der Waals surface area contributed by atoms with Crippen LogP contribution in [0.25, 0.3) is 12.2 Å². The minimum absolute atomic E-state index is 0.583. The number of nitrogens with zero attached hydrogens (tertiary/aromatic N) is 4. The van der Waals surface area contributed by atoms with E-state index in [1.165, 1.54) is 29.5 Å². The average molecular weight is 378 g/mol. The Morgan fingerprint density at radius 3 is 2.70 bits per heavy atom. The quantitative estimate of drug-likeness (QED) is 0.619. The van der Waals surface area contributed by atoms with E-state index in [4.69, 9.17) is 12.2 Å². The van der Waals surface area contributed by atoms with Crippen molar-refractivity contribution in [1.29, 1.82) is 0 Å². The van der Waals surface area contributed by atoms with Gasteiger partial charge in [0.2, 0.25) is 4.77 Å². The smallest absolute Gasteiger partial charge is 0.217 e. The lowest BCUT2D eigenvalue weighted by Gasteiger charge is -2.22. The van der Waals surface area contributed by atoms with Crippen molar-refractivity contribution in [1.82, 2.24) is 24.6 Å². The molecule has 2 heterocycles. The van der Waals surface area contributed by atoms with Gasteiger partial charge in [-0.25, -0.2) is 4.68 Å². The molecule has 1 aliphatic carbocycles. The molecule has 0 atom stereocenters. The first kappa shape index (κ1) is 17.8. The number of nitrogens with one attached hydrogen (secondary N) is 1. The summed E-state index contributed by atoms with van der Waals surface area (Å²) in [7, 11) is 0. The number of aromatic nitrogens is 4. The Hall–Kier alpha value is -2.57. The van der Waals surface area contributed by atoms with Crippen LogP contribution in [-0.4, -0.2) is 30.7 Å². The van der Waals surface area contributed by atoms with Crippen molar-refractivity contribution >= 4 is 24.4 Å². The predicted molar refractivity (Wildman–Crippen MR) is 110 cm³/mol. The summed E-state index contributed by atoms with van der Waals surface area (Å²) in [5.41, 5.74) is 3.69. The molecule has 1 aromatic carbocycles. The number of H-pyrrole nitrogens is 1. The largest absolute Gasteiger partial charge is 0.278 e. The van der Waals surface area contributed by atoms with Crippen LogP contribution in [0.1, 0.15) is 35.4 Å². The molecule has 0 saturated heterocycles. The molecule has 0 amide bonds. The minimum atomic E-state index is 0.583. The fraction of sp³-hybridized carbons (Fsp3) is 0.286. The van der Waals surface area contributed by atoms with Gasteiger partial charge < -0.3 is 0 Å². The summed E-state index contributed by atoms with van der Waals surface area (Å²) in [6.07, 6.45) is 10.2. The molecular formula is C21H23N5S. The van der Waals surface area contributed by atoms with Crippen LogP contribution in [0.2, 0.25) is 0 Å². The molecule has 2 aromatic heterocycles. The van der Waals surface area contributed by atoms with Gasteiger partial charge in [0.05, 0.1) is 6.67 Å². The molecular weight excluding hydrogens is 354 g/mol. The summed E-state index contributed by atoms with van der Waals surface area (Å²) in [6, 6.07) is 13.0. The molecule has 6 heteroatoms. The van der Waals surface area contributed by atoms with Gasteiger partial charge in [0.25, 0.3) is 0 Å². The second-order valence-corrected chi connectivity index (χ2v) is 7.35. The molecule has 1 N–H and O–H groups in total. The number of hydrogen-bond acceptors (Lipinski definition) is 4. The average Bonchev–Trinajstić information content (AvgIpc) is 3.46. The summed E-state index contributed by atoms with van der Waals surface area (Å²) in [5.74, 6) is 0.780. The Labute approximate surface area is 164 Å². The predicted octanol–water partition coefficient (Wildman–Crippen LogP) is 4.44. The van der Waals surface area contributed by atoms with Crippen molar-refractivity contribution in [2.45, 2.75) is 39.0 Å². The van der Waals surface area contributed by atoms with Gasteiger partial charge in [-0.1, -0.05) is 30.3 Å². The van der Waals surface area contributed by atoms with Crippen LogP contribution in [0.4, 0.5) is 0 Å². The van der Waals surface area contributed by atoms with Crippen molar-refractivity contribution in [3.8, 4) is 0 Å². The lowest BCUT2D eigenvalue weighted by atomic mass is 10.1. The van der Waals surface area contributed by atoms with Crippen molar-refractivity contribution in [3.05, 3.63) is 76.1 Å². The molecule has 138 valence electrons. The summed E-state index contributed by atoms with van der Waals surface area (Å²) < 4.78 is 2.53. The topological polar surface area (TPSA) is 49.7 Å². The maximum absolute atomic E-state index is 5.47. The van der Waals surface area contributed by atoms with Crippen LogP contribution in [0.15, 0.2) is 48.8 Å². The zero-order valence-corrected chi connectivity index (χ0v) is 16.2. The SMILES string of the molecule is Cc1ccccc1/C=C/c1nc(=S)n(CN(Cc2ccncc2)C2CC2)[nH]1. The zero-order chi connectivity index (χ0) is 18.6. The van der Waals surface area contributed by atoms with Crippen molar-refractivity contribution in [2.75, 3.05) is 0 Å². The van der Waals surface area contributed by atoms with Gasteiger partial charge in [-0.05, 0) is 66.9 Å². The first-order valence-corrected chi connectivity index (χ1v) is 9.63. The first-order chi connectivity index (χ1) is 13.2. The summed E-state index contributed by atoms with van der Waals surface area (Å²) in [5, 5.41) is 3.33.